The van der Waals surface area contributed by atoms with Crippen molar-refractivity contribution in [2.24, 2.45) is 0 Å². The molecule has 2 aromatic rings. The number of fused-ring (bicyclic) bond motifs is 1. The molecule has 0 fully saturated rings. The maximum absolute atomic E-state index is 9.83. The molecule has 1 heterocycles. The first-order chi connectivity index (χ1) is 8.65. The topological polar surface area (TPSA) is 20.2 Å². The molecule has 2 aromatic carbocycles. The third kappa shape index (κ3) is 2.02. The van der Waals surface area contributed by atoms with Gasteiger partial charge in [0, 0.05) is 9.79 Å². The molecule has 0 aromatic heterocycles. The van der Waals surface area contributed by atoms with Crippen LogP contribution in [0.2, 0.25) is 0 Å². The van der Waals surface area contributed by atoms with Gasteiger partial charge in [0.05, 0.1) is 4.58 Å². The average Bonchev–Trinajstić information content (AvgIpc) is 2.79. The number of phenolic OH excluding ortho intramolecular Hbond substituents is 1. The molecule has 3 heteroatoms. The van der Waals surface area contributed by atoms with Crippen LogP contribution < -0.4 is 0 Å². The van der Waals surface area contributed by atoms with Crippen LogP contribution >= 0.6 is 23.5 Å². The lowest BCUT2D eigenvalue weighted by Gasteiger charge is -2.12. The molecule has 92 valence electrons. The predicted molar refractivity (Wildman–Crippen MR) is 78.5 cm³/mol. The minimum Gasteiger partial charge on any atom is -0.507 e. The molecule has 0 bridgehead atoms. The van der Waals surface area contributed by atoms with Crippen LogP contribution in [0.1, 0.15) is 21.3 Å². The number of hydrogen-bond donors (Lipinski definition) is 1. The first kappa shape index (κ1) is 12.0. The Morgan fingerprint density at radius 3 is 1.94 bits per heavy atom. The smallest absolute Gasteiger partial charge is 0.121 e. The Morgan fingerprint density at radius 1 is 0.944 bits per heavy atom. The van der Waals surface area contributed by atoms with E-state index in [1.54, 1.807) is 0 Å². The number of aromatic hydroxyl groups is 1. The molecular formula is C15H14OS2. The number of phenols is 1. The summed E-state index contributed by atoms with van der Waals surface area (Å²) in [5.74, 6) is 0.421. The first-order valence-electron chi connectivity index (χ1n) is 5.87. The Kier molecular flexibility index (Phi) is 3.04. The first-order valence-corrected chi connectivity index (χ1v) is 7.63. The number of hydrogen-bond acceptors (Lipinski definition) is 3. The van der Waals surface area contributed by atoms with Crippen LogP contribution in [0.15, 0.2) is 46.2 Å². The van der Waals surface area contributed by atoms with Crippen molar-refractivity contribution in [3.63, 3.8) is 0 Å². The summed E-state index contributed by atoms with van der Waals surface area (Å²) < 4.78 is 0.403. The minimum absolute atomic E-state index is 0.403. The molecule has 0 amide bonds. The van der Waals surface area contributed by atoms with Gasteiger partial charge in [0.2, 0.25) is 0 Å². The van der Waals surface area contributed by atoms with Crippen LogP contribution in [0, 0.1) is 13.8 Å². The van der Waals surface area contributed by atoms with Gasteiger partial charge >= 0.3 is 0 Å². The molecule has 0 unspecified atom stereocenters. The van der Waals surface area contributed by atoms with Crippen molar-refractivity contribution in [2.75, 3.05) is 0 Å². The van der Waals surface area contributed by atoms with Gasteiger partial charge in [-0.05, 0) is 42.7 Å². The molecule has 0 radical (unpaired) electrons. The molecule has 0 aliphatic carbocycles. The molecule has 0 saturated carbocycles. The molecule has 1 N–H and O–H groups in total. The van der Waals surface area contributed by atoms with Crippen molar-refractivity contribution in [3.05, 3.63) is 53.1 Å². The zero-order chi connectivity index (χ0) is 12.7. The summed E-state index contributed by atoms with van der Waals surface area (Å²) in [5.41, 5.74) is 3.21. The zero-order valence-corrected chi connectivity index (χ0v) is 11.9. The predicted octanol–water partition coefficient (Wildman–Crippen LogP) is 4.91. The third-order valence-corrected chi connectivity index (χ3v) is 6.00. The molecule has 0 spiro atoms. The van der Waals surface area contributed by atoms with E-state index in [2.05, 4.69) is 36.4 Å². The van der Waals surface area contributed by atoms with Gasteiger partial charge in [0.15, 0.2) is 0 Å². The number of thioether (sulfide) groups is 2. The molecular weight excluding hydrogens is 260 g/mol. The van der Waals surface area contributed by atoms with Crippen molar-refractivity contribution in [3.8, 4) is 5.75 Å². The normalized spacial score (nSPS) is 14.8. The van der Waals surface area contributed by atoms with Crippen LogP contribution in [0.25, 0.3) is 0 Å². The molecule has 0 saturated heterocycles. The van der Waals surface area contributed by atoms with Gasteiger partial charge in [0.25, 0.3) is 0 Å². The van der Waals surface area contributed by atoms with Crippen molar-refractivity contribution >= 4 is 23.5 Å². The van der Waals surface area contributed by atoms with Gasteiger partial charge in [-0.25, -0.2) is 0 Å². The highest BCUT2D eigenvalue weighted by atomic mass is 32.2. The Balaban J connectivity index is 1.95. The molecule has 1 aliphatic rings. The Morgan fingerprint density at radius 2 is 1.44 bits per heavy atom. The summed E-state index contributed by atoms with van der Waals surface area (Å²) in [6.45, 7) is 3.92. The van der Waals surface area contributed by atoms with E-state index in [0.717, 1.165) is 11.1 Å². The molecule has 1 aliphatic heterocycles. The monoisotopic (exact) mass is 274 g/mol. The van der Waals surface area contributed by atoms with Gasteiger partial charge < -0.3 is 5.11 Å². The Hall–Kier alpha value is -1.06. The fraction of sp³-hybridized carbons (Fsp3) is 0.200. The summed E-state index contributed by atoms with van der Waals surface area (Å²) >= 11 is 3.79. The molecule has 0 atom stereocenters. The van der Waals surface area contributed by atoms with Gasteiger partial charge in [-0.15, -0.1) is 23.5 Å². The van der Waals surface area contributed by atoms with Crippen LogP contribution in [-0.2, 0) is 0 Å². The van der Waals surface area contributed by atoms with Gasteiger partial charge in [-0.3, -0.25) is 0 Å². The van der Waals surface area contributed by atoms with Crippen molar-refractivity contribution < 1.29 is 5.11 Å². The standard InChI is InChI=1S/C15H14OS2/c1-9-7-11(8-10(2)14(9)16)15-17-12-5-3-4-6-13(12)18-15/h3-8,15-16H,1-2H3. The molecule has 1 nitrogen and oxygen atoms in total. The van der Waals surface area contributed by atoms with Crippen LogP contribution in [-0.4, -0.2) is 5.11 Å². The minimum atomic E-state index is 0.403. The largest absolute Gasteiger partial charge is 0.507 e. The van der Waals surface area contributed by atoms with Crippen LogP contribution in [0.5, 0.6) is 5.75 Å². The Labute approximate surface area is 116 Å². The summed E-state index contributed by atoms with van der Waals surface area (Å²) in [4.78, 5) is 2.71. The Bertz CT molecular complexity index is 559. The average molecular weight is 274 g/mol. The molecule has 3 rings (SSSR count). The van der Waals surface area contributed by atoms with Gasteiger partial charge in [-0.1, -0.05) is 24.3 Å². The van der Waals surface area contributed by atoms with Gasteiger partial charge in [0.1, 0.15) is 5.75 Å². The second-order valence-electron chi connectivity index (χ2n) is 4.52. The maximum atomic E-state index is 9.83. The fourth-order valence-electron chi connectivity index (χ4n) is 2.16. The summed E-state index contributed by atoms with van der Waals surface area (Å²) in [7, 11) is 0. The van der Waals surface area contributed by atoms with E-state index in [9.17, 15) is 5.11 Å². The second-order valence-corrected chi connectivity index (χ2v) is 7.11. The zero-order valence-electron chi connectivity index (χ0n) is 10.3. The quantitative estimate of drug-likeness (QED) is 0.798. The SMILES string of the molecule is Cc1cc(C2Sc3ccccc3S2)cc(C)c1O. The summed E-state index contributed by atoms with van der Waals surface area (Å²) in [6, 6.07) is 12.7. The third-order valence-electron chi connectivity index (χ3n) is 3.10. The lowest BCUT2D eigenvalue weighted by atomic mass is 10.1. The molecule has 18 heavy (non-hydrogen) atoms. The van der Waals surface area contributed by atoms with Gasteiger partial charge in [-0.2, -0.15) is 0 Å². The highest BCUT2D eigenvalue weighted by Gasteiger charge is 2.24. The highest BCUT2D eigenvalue weighted by molar-refractivity contribution is 8.18. The van der Waals surface area contributed by atoms with E-state index in [1.165, 1.54) is 15.4 Å². The lowest BCUT2D eigenvalue weighted by Crippen LogP contribution is -1.89. The summed E-state index contributed by atoms with van der Waals surface area (Å²) in [6.07, 6.45) is 0. The van der Waals surface area contributed by atoms with Crippen molar-refractivity contribution in [1.29, 1.82) is 0 Å². The van der Waals surface area contributed by atoms with Crippen LogP contribution in [0.4, 0.5) is 0 Å². The number of benzene rings is 2. The summed E-state index contributed by atoms with van der Waals surface area (Å²) in [5, 5.41) is 9.83. The highest BCUT2D eigenvalue weighted by Crippen LogP contribution is 2.56. The number of aryl methyl sites for hydroxylation is 2. The van der Waals surface area contributed by atoms with E-state index < -0.39 is 0 Å². The van der Waals surface area contributed by atoms with E-state index >= 15 is 0 Å². The van der Waals surface area contributed by atoms with E-state index in [4.69, 9.17) is 0 Å². The van der Waals surface area contributed by atoms with E-state index in [0.29, 0.717) is 10.3 Å². The van der Waals surface area contributed by atoms with Crippen molar-refractivity contribution in [2.45, 2.75) is 28.2 Å². The second kappa shape index (κ2) is 4.56. The van der Waals surface area contributed by atoms with E-state index in [1.807, 2.05) is 37.4 Å². The fourth-order valence-corrected chi connectivity index (χ4v) is 4.95. The van der Waals surface area contributed by atoms with Crippen molar-refractivity contribution in [1.82, 2.24) is 0 Å². The van der Waals surface area contributed by atoms with Crippen LogP contribution in [0.3, 0.4) is 0 Å². The lowest BCUT2D eigenvalue weighted by molar-refractivity contribution is 0.466. The number of rotatable bonds is 1. The maximum Gasteiger partial charge on any atom is 0.121 e. The van der Waals surface area contributed by atoms with E-state index in [-0.39, 0.29) is 0 Å².